The lowest BCUT2D eigenvalue weighted by atomic mass is 9.83. The van der Waals surface area contributed by atoms with Crippen LogP contribution in [0, 0.1) is 5.92 Å². The maximum Gasteiger partial charge on any atom is 0.123 e. The molecule has 0 unspecified atom stereocenters. The Hall–Kier alpha value is -1.38. The number of nitrogen functional groups attached to an aromatic ring is 1. The number of nitrogens with one attached hydrogen (secondary N) is 1. The maximum absolute atomic E-state index is 5.88. The van der Waals surface area contributed by atoms with Crippen LogP contribution in [-0.2, 0) is 0 Å². The van der Waals surface area contributed by atoms with E-state index in [1.165, 1.54) is 25.7 Å². The summed E-state index contributed by atoms with van der Waals surface area (Å²) >= 11 is 0. The summed E-state index contributed by atoms with van der Waals surface area (Å²) in [6.07, 6.45) is 6.50. The van der Waals surface area contributed by atoms with Crippen molar-refractivity contribution in [2.75, 3.05) is 24.2 Å². The minimum absolute atomic E-state index is 0.741. The highest BCUT2D eigenvalue weighted by Crippen LogP contribution is 2.29. The molecule has 3 N–H and O–H groups in total. The van der Waals surface area contributed by atoms with Crippen molar-refractivity contribution in [1.82, 2.24) is 0 Å². The Kier molecular flexibility index (Phi) is 4.73. The van der Waals surface area contributed by atoms with Gasteiger partial charge >= 0.3 is 0 Å². The third-order valence-electron chi connectivity index (χ3n) is 3.51. The Bertz CT molecular complexity index is 375. The van der Waals surface area contributed by atoms with E-state index in [0.29, 0.717) is 0 Å². The van der Waals surface area contributed by atoms with Crippen molar-refractivity contribution in [3.8, 4) is 5.75 Å². The largest absolute Gasteiger partial charge is 0.493 e. The number of hydrogen-bond donors (Lipinski definition) is 2. The van der Waals surface area contributed by atoms with Crippen LogP contribution in [0.25, 0.3) is 0 Å². The summed E-state index contributed by atoms with van der Waals surface area (Å²) in [5, 5.41) is 3.44. The lowest BCUT2D eigenvalue weighted by molar-refractivity contribution is 0.303. The second kappa shape index (κ2) is 6.53. The molecule has 1 aromatic rings. The van der Waals surface area contributed by atoms with E-state index in [9.17, 15) is 0 Å². The third kappa shape index (κ3) is 3.83. The van der Waals surface area contributed by atoms with Gasteiger partial charge in [-0.15, -0.1) is 0 Å². The molecule has 0 spiro atoms. The number of hydrogen-bond acceptors (Lipinski definition) is 3. The molecule has 0 heterocycles. The SMILES string of the molecule is CCCOc1cc(N)cc(NCCC2CCC2)c1. The quantitative estimate of drug-likeness (QED) is 0.724. The summed E-state index contributed by atoms with van der Waals surface area (Å²) in [6, 6.07) is 5.89. The Morgan fingerprint density at radius 2 is 2.17 bits per heavy atom. The zero-order chi connectivity index (χ0) is 12.8. The van der Waals surface area contributed by atoms with E-state index in [1.807, 2.05) is 18.2 Å². The number of benzene rings is 1. The second-order valence-electron chi connectivity index (χ2n) is 5.15. The molecule has 0 bridgehead atoms. The van der Waals surface area contributed by atoms with Gasteiger partial charge in [-0.3, -0.25) is 0 Å². The van der Waals surface area contributed by atoms with Gasteiger partial charge in [-0.05, 0) is 24.8 Å². The van der Waals surface area contributed by atoms with Gasteiger partial charge in [-0.25, -0.2) is 0 Å². The molecule has 1 saturated carbocycles. The fourth-order valence-corrected chi connectivity index (χ4v) is 2.23. The summed E-state index contributed by atoms with van der Waals surface area (Å²) in [5.41, 5.74) is 7.71. The van der Waals surface area contributed by atoms with Gasteiger partial charge in [-0.1, -0.05) is 26.2 Å². The van der Waals surface area contributed by atoms with Gasteiger partial charge in [0.15, 0.2) is 0 Å². The van der Waals surface area contributed by atoms with E-state index in [1.54, 1.807) is 0 Å². The molecule has 18 heavy (non-hydrogen) atoms. The second-order valence-corrected chi connectivity index (χ2v) is 5.15. The van der Waals surface area contributed by atoms with E-state index in [4.69, 9.17) is 10.5 Å². The standard InChI is InChI=1S/C15H24N2O/c1-2-8-18-15-10-13(16)9-14(11-15)17-7-6-12-4-3-5-12/h9-12,17H,2-8,16H2,1H3. The molecule has 1 aliphatic carbocycles. The highest BCUT2D eigenvalue weighted by molar-refractivity contribution is 5.59. The van der Waals surface area contributed by atoms with Crippen LogP contribution in [0.15, 0.2) is 18.2 Å². The van der Waals surface area contributed by atoms with Crippen molar-refractivity contribution in [2.45, 2.75) is 39.0 Å². The van der Waals surface area contributed by atoms with Crippen molar-refractivity contribution >= 4 is 11.4 Å². The van der Waals surface area contributed by atoms with Crippen molar-refractivity contribution in [3.63, 3.8) is 0 Å². The van der Waals surface area contributed by atoms with Crippen molar-refractivity contribution in [1.29, 1.82) is 0 Å². The van der Waals surface area contributed by atoms with Gasteiger partial charge in [0.25, 0.3) is 0 Å². The number of rotatable bonds is 7. The Labute approximate surface area is 110 Å². The van der Waals surface area contributed by atoms with E-state index < -0.39 is 0 Å². The lowest BCUT2D eigenvalue weighted by Gasteiger charge is -2.25. The number of ether oxygens (including phenoxy) is 1. The predicted molar refractivity (Wildman–Crippen MR) is 77.1 cm³/mol. The van der Waals surface area contributed by atoms with Crippen molar-refractivity contribution < 1.29 is 4.74 Å². The Morgan fingerprint density at radius 3 is 2.83 bits per heavy atom. The highest BCUT2D eigenvalue weighted by atomic mass is 16.5. The molecule has 100 valence electrons. The molecule has 0 saturated heterocycles. The van der Waals surface area contributed by atoms with Gasteiger partial charge in [0.05, 0.1) is 6.61 Å². The number of nitrogens with two attached hydrogens (primary N) is 1. The summed E-state index contributed by atoms with van der Waals surface area (Å²) in [7, 11) is 0. The first-order chi connectivity index (χ1) is 8.78. The van der Waals surface area contributed by atoms with Crippen molar-refractivity contribution in [3.05, 3.63) is 18.2 Å². The van der Waals surface area contributed by atoms with Gasteiger partial charge in [0, 0.05) is 30.1 Å². The first-order valence-corrected chi connectivity index (χ1v) is 7.05. The lowest BCUT2D eigenvalue weighted by Crippen LogP contribution is -2.15. The summed E-state index contributed by atoms with van der Waals surface area (Å²) < 4.78 is 5.62. The molecular weight excluding hydrogens is 224 g/mol. The zero-order valence-electron chi connectivity index (χ0n) is 11.2. The summed E-state index contributed by atoms with van der Waals surface area (Å²) in [6.45, 7) is 3.87. The molecule has 1 aromatic carbocycles. The van der Waals surface area contributed by atoms with Crippen LogP contribution < -0.4 is 15.8 Å². The van der Waals surface area contributed by atoms with Gasteiger partial charge < -0.3 is 15.8 Å². The van der Waals surface area contributed by atoms with Crippen molar-refractivity contribution in [2.24, 2.45) is 5.92 Å². The molecule has 2 rings (SSSR count). The van der Waals surface area contributed by atoms with E-state index in [2.05, 4.69) is 12.2 Å². The number of anilines is 2. The van der Waals surface area contributed by atoms with Crippen LogP contribution in [0.1, 0.15) is 39.0 Å². The summed E-state index contributed by atoms with van der Waals surface area (Å²) in [5.74, 6) is 1.80. The van der Waals surface area contributed by atoms with E-state index >= 15 is 0 Å². The zero-order valence-corrected chi connectivity index (χ0v) is 11.2. The molecule has 1 aliphatic rings. The van der Waals surface area contributed by atoms with Crippen LogP contribution in [0.3, 0.4) is 0 Å². The fourth-order valence-electron chi connectivity index (χ4n) is 2.23. The van der Waals surface area contributed by atoms with Crippen LogP contribution >= 0.6 is 0 Å². The van der Waals surface area contributed by atoms with Crippen LogP contribution in [0.5, 0.6) is 5.75 Å². The van der Waals surface area contributed by atoms with Gasteiger partial charge in [-0.2, -0.15) is 0 Å². The highest BCUT2D eigenvalue weighted by Gasteiger charge is 2.16. The third-order valence-corrected chi connectivity index (χ3v) is 3.51. The molecule has 0 aliphatic heterocycles. The first kappa shape index (κ1) is 13.1. The van der Waals surface area contributed by atoms with E-state index in [-0.39, 0.29) is 0 Å². The van der Waals surface area contributed by atoms with E-state index in [0.717, 1.165) is 42.6 Å². The van der Waals surface area contributed by atoms with Crippen LogP contribution in [0.4, 0.5) is 11.4 Å². The molecule has 0 aromatic heterocycles. The first-order valence-electron chi connectivity index (χ1n) is 7.05. The topological polar surface area (TPSA) is 47.3 Å². The predicted octanol–water partition coefficient (Wildman–Crippen LogP) is 3.66. The monoisotopic (exact) mass is 248 g/mol. The molecule has 0 atom stereocenters. The Balaban J connectivity index is 1.83. The smallest absolute Gasteiger partial charge is 0.123 e. The fraction of sp³-hybridized carbons (Fsp3) is 0.600. The molecule has 1 fully saturated rings. The van der Waals surface area contributed by atoms with Crippen LogP contribution in [-0.4, -0.2) is 13.2 Å². The molecule has 0 radical (unpaired) electrons. The maximum atomic E-state index is 5.88. The molecule has 3 heteroatoms. The van der Waals surface area contributed by atoms with Crippen LogP contribution in [0.2, 0.25) is 0 Å². The average molecular weight is 248 g/mol. The van der Waals surface area contributed by atoms with Gasteiger partial charge in [0.2, 0.25) is 0 Å². The molecular formula is C15H24N2O. The molecule has 3 nitrogen and oxygen atoms in total. The minimum atomic E-state index is 0.741. The normalized spacial score (nSPS) is 15.2. The average Bonchev–Trinajstić information content (AvgIpc) is 2.29. The Morgan fingerprint density at radius 1 is 1.33 bits per heavy atom. The minimum Gasteiger partial charge on any atom is -0.493 e. The summed E-state index contributed by atoms with van der Waals surface area (Å²) in [4.78, 5) is 0. The molecule has 0 amide bonds. The van der Waals surface area contributed by atoms with Gasteiger partial charge in [0.1, 0.15) is 5.75 Å².